The second kappa shape index (κ2) is 9.14. The van der Waals surface area contributed by atoms with Gasteiger partial charge in [-0.3, -0.25) is 9.11 Å². The number of hydrogen-bond acceptors (Lipinski definition) is 2. The van der Waals surface area contributed by atoms with E-state index in [9.17, 15) is 8.42 Å². The van der Waals surface area contributed by atoms with E-state index in [2.05, 4.69) is 0 Å². The second-order valence-electron chi connectivity index (χ2n) is 0.434. The minimum absolute atomic E-state index is 0. The predicted molar refractivity (Wildman–Crippen MR) is 31.2 cm³/mol. The van der Waals surface area contributed by atoms with E-state index in [1.807, 2.05) is 0 Å². The molecule has 0 saturated heterocycles. The van der Waals surface area contributed by atoms with Gasteiger partial charge in [-0.25, -0.2) is 8.42 Å². The monoisotopic (exact) mass is 364 g/mol. The Morgan fingerprint density at radius 3 is 1.25 bits per heavy atom. The molecular weight excluding hydrogens is 358 g/mol. The Hall–Kier alpha value is 2.14. The molecule has 0 aliphatic carbocycles. The molecule has 4 nitrogen and oxygen atoms in total. The molecule has 2 radical (unpaired) electrons. The van der Waals surface area contributed by atoms with Crippen LogP contribution < -0.4 is 29.6 Å². The van der Waals surface area contributed by atoms with E-state index in [0.29, 0.717) is 0 Å². The van der Waals surface area contributed by atoms with Gasteiger partial charge in [-0.05, 0) is 0 Å². The Bertz CT molecular complexity index is 84.6. The summed E-state index contributed by atoms with van der Waals surface area (Å²) in [6.07, 6.45) is 0. The summed E-state index contributed by atoms with van der Waals surface area (Å²) >= 11 is 0. The van der Waals surface area contributed by atoms with Gasteiger partial charge in [0.1, 0.15) is 0 Å². The van der Waals surface area contributed by atoms with Crippen LogP contribution in [-0.2, 0) is 20.2 Å². The van der Waals surface area contributed by atoms with E-state index in [4.69, 9.17) is 9.11 Å². The van der Waals surface area contributed by atoms with Gasteiger partial charge in [0.15, 0.2) is 0 Å². The maximum atomic E-state index is 9.26. The van der Waals surface area contributed by atoms with Crippen molar-refractivity contribution in [2.75, 3.05) is 0 Å². The Balaban J connectivity index is -0.0000000417. The average Bonchev–Trinajstić information content (AvgIpc) is 1.36. The van der Waals surface area contributed by atoms with Gasteiger partial charge in [-0.15, -0.1) is 0 Å². The quantitative estimate of drug-likeness (QED) is 0.280. The predicted octanol–water partition coefficient (Wildman–Crippen LogP) is -4.45. The molecule has 0 aliphatic rings. The summed E-state index contributed by atoms with van der Waals surface area (Å²) in [5.41, 5.74) is 0. The standard InChI is InChI=1S/Na.H2O4S2.Pb.3H/c;1-5(2)6(3)4;;;;/h;(H,1,2)(H,3,4);;;;/q+1;;;;;-1. The van der Waals surface area contributed by atoms with Crippen molar-refractivity contribution in [3.05, 3.63) is 0 Å². The van der Waals surface area contributed by atoms with Crippen LogP contribution in [0.1, 0.15) is 1.43 Å². The van der Waals surface area contributed by atoms with Gasteiger partial charge in [0.25, 0.3) is 20.2 Å². The van der Waals surface area contributed by atoms with Crippen molar-refractivity contribution in [3.63, 3.8) is 0 Å². The first-order chi connectivity index (χ1) is 2.64. The molecule has 0 amide bonds. The van der Waals surface area contributed by atoms with Crippen molar-refractivity contribution in [3.8, 4) is 0 Å². The summed E-state index contributed by atoms with van der Waals surface area (Å²) in [6, 6.07) is 0. The normalized spacial score (nSPS) is 14.8. The molecule has 0 bridgehead atoms. The molecule has 0 heterocycles. The SMILES string of the molecule is O=S(O)S(=O)O.[H-].[Na+].[PbH2]. The van der Waals surface area contributed by atoms with Gasteiger partial charge < -0.3 is 1.43 Å². The summed E-state index contributed by atoms with van der Waals surface area (Å²) in [5, 5.41) is 0. The average molecular weight is 363 g/mol. The summed E-state index contributed by atoms with van der Waals surface area (Å²) in [5.74, 6) is 0. The minimum atomic E-state index is -2.59. The number of rotatable bonds is 1. The second-order valence-corrected chi connectivity index (χ2v) is 3.01. The van der Waals surface area contributed by atoms with Gasteiger partial charge in [0.05, 0.1) is 0 Å². The fraction of sp³-hybridized carbons (Fsp3) is 0. The molecule has 0 rings (SSSR count). The van der Waals surface area contributed by atoms with Gasteiger partial charge in [0.2, 0.25) is 0 Å². The van der Waals surface area contributed by atoms with Gasteiger partial charge in [-0.1, -0.05) is 0 Å². The molecule has 0 aromatic rings. The Labute approximate surface area is 94.7 Å². The number of hydrogen-bond donors (Lipinski definition) is 2. The third kappa shape index (κ3) is 11.0. The summed E-state index contributed by atoms with van der Waals surface area (Å²) in [7, 11) is -5.18. The topological polar surface area (TPSA) is 74.6 Å². The van der Waals surface area contributed by atoms with E-state index in [0.717, 1.165) is 0 Å². The van der Waals surface area contributed by atoms with Gasteiger partial charge in [-0.2, -0.15) is 0 Å². The Morgan fingerprint density at radius 2 is 1.25 bits per heavy atom. The van der Waals surface area contributed by atoms with Crippen molar-refractivity contribution in [2.45, 2.75) is 0 Å². The molecule has 46 valence electrons. The molecule has 0 saturated carbocycles. The molecule has 2 unspecified atom stereocenters. The van der Waals surface area contributed by atoms with Crippen molar-refractivity contribution < 1.29 is 48.5 Å². The van der Waals surface area contributed by atoms with Crippen LogP contribution in [0, 0.1) is 0 Å². The van der Waals surface area contributed by atoms with Crippen molar-refractivity contribution in [1.29, 1.82) is 0 Å². The van der Waals surface area contributed by atoms with Crippen LogP contribution in [0.3, 0.4) is 0 Å². The van der Waals surface area contributed by atoms with Crippen molar-refractivity contribution in [2.24, 2.45) is 0 Å². The van der Waals surface area contributed by atoms with E-state index >= 15 is 0 Å². The Kier molecular flexibility index (Phi) is 19.0. The van der Waals surface area contributed by atoms with Crippen LogP contribution in [0.2, 0.25) is 0 Å². The molecule has 0 fully saturated rings. The summed E-state index contributed by atoms with van der Waals surface area (Å²) in [4.78, 5) is 0. The van der Waals surface area contributed by atoms with Gasteiger partial charge >= 0.3 is 56.9 Å². The molecule has 2 atom stereocenters. The fourth-order valence-corrected chi connectivity index (χ4v) is 0. The third-order valence-corrected chi connectivity index (χ3v) is 1.10. The first-order valence-electron chi connectivity index (χ1n) is 0.865. The third-order valence-electron chi connectivity index (χ3n) is 0.122. The molecule has 8 heteroatoms. The van der Waals surface area contributed by atoms with Crippen LogP contribution >= 0.6 is 0 Å². The molecule has 0 aromatic carbocycles. The molecule has 8 heavy (non-hydrogen) atoms. The zero-order valence-electron chi connectivity index (χ0n) is 5.23. The summed E-state index contributed by atoms with van der Waals surface area (Å²) < 4.78 is 33.6. The van der Waals surface area contributed by atoms with Crippen molar-refractivity contribution in [1.82, 2.24) is 0 Å². The van der Waals surface area contributed by atoms with E-state index in [-0.39, 0.29) is 58.3 Å². The summed E-state index contributed by atoms with van der Waals surface area (Å²) in [6.45, 7) is 0. The van der Waals surface area contributed by atoms with Crippen LogP contribution in [0.4, 0.5) is 0 Å². The van der Waals surface area contributed by atoms with E-state index in [1.54, 1.807) is 0 Å². The molecule has 0 aliphatic heterocycles. The van der Waals surface area contributed by atoms with Crippen LogP contribution in [0.5, 0.6) is 0 Å². The zero-order chi connectivity index (χ0) is 5.15. The van der Waals surface area contributed by atoms with E-state index in [1.165, 1.54) is 0 Å². The van der Waals surface area contributed by atoms with E-state index < -0.39 is 20.2 Å². The Morgan fingerprint density at radius 1 is 1.12 bits per heavy atom. The fourth-order valence-electron chi connectivity index (χ4n) is 0. The molecular formula is H5NaO4PbS2. The van der Waals surface area contributed by atoms with Gasteiger partial charge in [0, 0.05) is 0 Å². The van der Waals surface area contributed by atoms with Crippen LogP contribution in [-0.4, -0.2) is 44.8 Å². The van der Waals surface area contributed by atoms with Crippen molar-refractivity contribution >= 4 is 47.5 Å². The molecule has 0 aromatic heterocycles. The zero-order valence-corrected chi connectivity index (χ0v) is 13.4. The van der Waals surface area contributed by atoms with Crippen LogP contribution in [0.25, 0.3) is 0 Å². The first kappa shape index (κ1) is 16.6. The van der Waals surface area contributed by atoms with Crippen LogP contribution in [0.15, 0.2) is 0 Å². The molecule has 0 spiro atoms. The first-order valence-corrected chi connectivity index (χ1v) is 3.60. The molecule has 2 N–H and O–H groups in total. The maximum absolute atomic E-state index is 9.26.